The van der Waals surface area contributed by atoms with Gasteiger partial charge in [-0.3, -0.25) is 0 Å². The van der Waals surface area contributed by atoms with E-state index in [1.165, 1.54) is 12.8 Å². The van der Waals surface area contributed by atoms with Crippen LogP contribution in [0.2, 0.25) is 0 Å². The van der Waals surface area contributed by atoms with Crippen molar-refractivity contribution < 1.29 is 9.47 Å². The average molecular weight is 250 g/mol. The molecule has 0 spiro atoms. The molecule has 1 fully saturated rings. The van der Waals surface area contributed by atoms with Crippen LogP contribution in [0.1, 0.15) is 12.8 Å². The van der Waals surface area contributed by atoms with Gasteiger partial charge in [-0.25, -0.2) is 0 Å². The smallest absolute Gasteiger partial charge is 0.121 e. The second kappa shape index (κ2) is 7.24. The third-order valence-electron chi connectivity index (χ3n) is 3.11. The van der Waals surface area contributed by atoms with Crippen molar-refractivity contribution in [3.05, 3.63) is 24.3 Å². The summed E-state index contributed by atoms with van der Waals surface area (Å²) in [7, 11) is 0. The van der Waals surface area contributed by atoms with E-state index in [0.29, 0.717) is 19.1 Å². The van der Waals surface area contributed by atoms with Crippen LogP contribution in [-0.2, 0) is 4.74 Å². The highest BCUT2D eigenvalue weighted by Crippen LogP contribution is 2.14. The van der Waals surface area contributed by atoms with Gasteiger partial charge in [-0.2, -0.15) is 0 Å². The Bertz CT molecular complexity index is 351. The molecule has 1 aromatic carbocycles. The number of benzene rings is 1. The Morgan fingerprint density at radius 1 is 1.33 bits per heavy atom. The van der Waals surface area contributed by atoms with E-state index in [1.54, 1.807) is 0 Å². The molecule has 18 heavy (non-hydrogen) atoms. The molecule has 0 saturated carbocycles. The van der Waals surface area contributed by atoms with E-state index in [2.05, 4.69) is 5.32 Å². The summed E-state index contributed by atoms with van der Waals surface area (Å²) in [5.41, 5.74) is 6.39. The number of hydrogen-bond acceptors (Lipinski definition) is 4. The number of nitrogens with one attached hydrogen (secondary N) is 1. The molecular weight excluding hydrogens is 228 g/mol. The second-order valence-electron chi connectivity index (χ2n) is 4.71. The van der Waals surface area contributed by atoms with Crippen molar-refractivity contribution in [3.63, 3.8) is 0 Å². The van der Waals surface area contributed by atoms with Crippen LogP contribution in [0.25, 0.3) is 0 Å². The lowest BCUT2D eigenvalue weighted by Crippen LogP contribution is -2.32. The van der Waals surface area contributed by atoms with Gasteiger partial charge in [-0.15, -0.1) is 0 Å². The normalized spacial score (nSPS) is 19.7. The zero-order chi connectivity index (χ0) is 12.6. The maximum atomic E-state index is 5.67. The summed E-state index contributed by atoms with van der Waals surface area (Å²) < 4.78 is 11.2. The van der Waals surface area contributed by atoms with E-state index in [4.69, 9.17) is 15.2 Å². The number of hydrogen-bond donors (Lipinski definition) is 2. The Morgan fingerprint density at radius 3 is 3.06 bits per heavy atom. The summed E-state index contributed by atoms with van der Waals surface area (Å²) in [5, 5.41) is 3.38. The van der Waals surface area contributed by atoms with Crippen LogP contribution >= 0.6 is 0 Å². The Balaban J connectivity index is 1.55. The van der Waals surface area contributed by atoms with E-state index in [-0.39, 0.29) is 0 Å². The molecule has 0 radical (unpaired) electrons. The largest absolute Gasteiger partial charge is 0.491 e. The van der Waals surface area contributed by atoms with Gasteiger partial charge in [0.15, 0.2) is 0 Å². The zero-order valence-corrected chi connectivity index (χ0v) is 10.7. The van der Waals surface area contributed by atoms with Crippen LogP contribution in [0.15, 0.2) is 24.3 Å². The number of anilines is 1. The number of nitrogens with two attached hydrogens (primary N) is 1. The third-order valence-corrected chi connectivity index (χ3v) is 3.11. The first kappa shape index (κ1) is 13.2. The molecule has 1 aromatic rings. The van der Waals surface area contributed by atoms with Gasteiger partial charge in [0.05, 0.1) is 13.2 Å². The van der Waals surface area contributed by atoms with Crippen molar-refractivity contribution in [2.45, 2.75) is 12.8 Å². The lowest BCUT2D eigenvalue weighted by Gasteiger charge is -2.22. The van der Waals surface area contributed by atoms with Gasteiger partial charge in [-0.05, 0) is 37.4 Å². The molecule has 4 heteroatoms. The summed E-state index contributed by atoms with van der Waals surface area (Å²) >= 11 is 0. The molecule has 0 bridgehead atoms. The van der Waals surface area contributed by atoms with E-state index in [0.717, 1.165) is 31.1 Å². The van der Waals surface area contributed by atoms with E-state index in [9.17, 15) is 0 Å². The van der Waals surface area contributed by atoms with Gasteiger partial charge in [-0.1, -0.05) is 6.07 Å². The maximum Gasteiger partial charge on any atom is 0.121 e. The molecule has 1 atom stereocenters. The molecule has 3 N–H and O–H groups in total. The maximum absolute atomic E-state index is 5.67. The highest BCUT2D eigenvalue weighted by atomic mass is 16.5. The predicted octanol–water partition coefficient (Wildman–Crippen LogP) is 1.66. The fourth-order valence-electron chi connectivity index (χ4n) is 2.14. The van der Waals surface area contributed by atoms with Crippen molar-refractivity contribution >= 4 is 5.69 Å². The second-order valence-corrected chi connectivity index (χ2v) is 4.71. The lowest BCUT2D eigenvalue weighted by atomic mass is 10.0. The van der Waals surface area contributed by atoms with E-state index in [1.807, 2.05) is 24.3 Å². The van der Waals surface area contributed by atoms with Crippen molar-refractivity contribution in [2.75, 3.05) is 38.6 Å². The van der Waals surface area contributed by atoms with Gasteiger partial charge in [0, 0.05) is 18.3 Å². The Labute approximate surface area is 108 Å². The van der Waals surface area contributed by atoms with Crippen molar-refractivity contribution in [1.29, 1.82) is 0 Å². The quantitative estimate of drug-likeness (QED) is 0.595. The minimum absolute atomic E-state index is 0.573. The molecule has 0 amide bonds. The first-order chi connectivity index (χ1) is 8.84. The zero-order valence-electron chi connectivity index (χ0n) is 10.7. The molecule has 1 saturated heterocycles. The Morgan fingerprint density at radius 2 is 2.28 bits per heavy atom. The number of piperidine rings is 1. The molecule has 0 aliphatic carbocycles. The average Bonchev–Trinajstić information content (AvgIpc) is 2.40. The number of rotatable bonds is 6. The Kier molecular flexibility index (Phi) is 5.30. The number of ether oxygens (including phenoxy) is 2. The molecule has 4 nitrogen and oxygen atoms in total. The molecule has 1 aliphatic rings. The summed E-state index contributed by atoms with van der Waals surface area (Å²) in [6, 6.07) is 7.46. The van der Waals surface area contributed by atoms with E-state index < -0.39 is 0 Å². The molecular formula is C14H22N2O2. The SMILES string of the molecule is Nc1cccc(OCCOCC2CCCNC2)c1. The van der Waals surface area contributed by atoms with E-state index >= 15 is 0 Å². The standard InChI is InChI=1S/C14H22N2O2/c15-13-4-1-5-14(9-13)18-8-7-17-11-12-3-2-6-16-10-12/h1,4-5,9,12,16H,2-3,6-8,10-11,15H2. The van der Waals surface area contributed by atoms with Crippen molar-refractivity contribution in [3.8, 4) is 5.75 Å². The number of nitrogen functional groups attached to an aromatic ring is 1. The van der Waals surface area contributed by atoms with Crippen LogP contribution in [0.3, 0.4) is 0 Å². The molecule has 1 aliphatic heterocycles. The van der Waals surface area contributed by atoms with Crippen LogP contribution in [0, 0.1) is 5.92 Å². The van der Waals surface area contributed by atoms with Crippen LogP contribution < -0.4 is 15.8 Å². The van der Waals surface area contributed by atoms with Gasteiger partial charge < -0.3 is 20.5 Å². The Hall–Kier alpha value is -1.26. The van der Waals surface area contributed by atoms with Crippen LogP contribution in [0.5, 0.6) is 5.75 Å². The fraction of sp³-hybridized carbons (Fsp3) is 0.571. The highest BCUT2D eigenvalue weighted by molar-refractivity contribution is 5.43. The monoisotopic (exact) mass is 250 g/mol. The van der Waals surface area contributed by atoms with Crippen LogP contribution in [-0.4, -0.2) is 32.9 Å². The first-order valence-electron chi connectivity index (χ1n) is 6.61. The van der Waals surface area contributed by atoms with Gasteiger partial charge in [0.1, 0.15) is 12.4 Å². The van der Waals surface area contributed by atoms with Crippen molar-refractivity contribution in [2.24, 2.45) is 5.92 Å². The molecule has 100 valence electrons. The van der Waals surface area contributed by atoms with Gasteiger partial charge in [0.2, 0.25) is 0 Å². The minimum atomic E-state index is 0.573. The molecule has 0 aromatic heterocycles. The molecule has 1 heterocycles. The van der Waals surface area contributed by atoms with Crippen LogP contribution in [0.4, 0.5) is 5.69 Å². The van der Waals surface area contributed by atoms with Crippen molar-refractivity contribution in [1.82, 2.24) is 5.32 Å². The predicted molar refractivity (Wildman–Crippen MR) is 72.8 cm³/mol. The minimum Gasteiger partial charge on any atom is -0.491 e. The first-order valence-corrected chi connectivity index (χ1v) is 6.61. The highest BCUT2D eigenvalue weighted by Gasteiger charge is 2.12. The van der Waals surface area contributed by atoms with Gasteiger partial charge >= 0.3 is 0 Å². The fourth-order valence-corrected chi connectivity index (χ4v) is 2.14. The summed E-state index contributed by atoms with van der Waals surface area (Å²) in [4.78, 5) is 0. The third kappa shape index (κ3) is 4.55. The molecule has 1 unspecified atom stereocenters. The lowest BCUT2D eigenvalue weighted by molar-refractivity contribution is 0.0671. The van der Waals surface area contributed by atoms with Gasteiger partial charge in [0.25, 0.3) is 0 Å². The summed E-state index contributed by atoms with van der Waals surface area (Å²) in [6.07, 6.45) is 2.52. The molecule has 2 rings (SSSR count). The summed E-state index contributed by atoms with van der Waals surface area (Å²) in [5.74, 6) is 1.46. The topological polar surface area (TPSA) is 56.5 Å². The summed E-state index contributed by atoms with van der Waals surface area (Å²) in [6.45, 7) is 4.26.